The van der Waals surface area contributed by atoms with Gasteiger partial charge in [-0.15, -0.1) is 0 Å². The standard InChI is InChI=1S/C22H28N2O4S/c1-28-20-9-5-7-18(17-20)8-6-14-23-22(25)19-12-15-24(16-13-19)29(26,27)21-10-3-2-4-11-21/h2-5,7,9-11,17,19H,6,8,12-16H2,1H3,(H,23,25). The number of ether oxygens (including phenoxy) is 1. The third-order valence-electron chi connectivity index (χ3n) is 5.28. The van der Waals surface area contributed by atoms with E-state index in [0.717, 1.165) is 18.6 Å². The van der Waals surface area contributed by atoms with Gasteiger partial charge in [0.05, 0.1) is 12.0 Å². The highest BCUT2D eigenvalue weighted by Gasteiger charge is 2.31. The number of nitrogens with one attached hydrogen (secondary N) is 1. The van der Waals surface area contributed by atoms with Gasteiger partial charge in [0.25, 0.3) is 0 Å². The topological polar surface area (TPSA) is 75.7 Å². The van der Waals surface area contributed by atoms with Crippen LogP contribution in [-0.4, -0.2) is 45.4 Å². The Labute approximate surface area is 172 Å². The molecule has 3 rings (SSSR count). The second-order valence-corrected chi connectivity index (χ2v) is 9.18. The Hall–Kier alpha value is -2.38. The predicted molar refractivity (Wildman–Crippen MR) is 112 cm³/mol. The number of carbonyl (C=O) groups excluding carboxylic acids is 1. The van der Waals surface area contributed by atoms with Crippen molar-refractivity contribution < 1.29 is 17.9 Å². The molecule has 0 saturated carbocycles. The lowest BCUT2D eigenvalue weighted by Crippen LogP contribution is -2.43. The molecular formula is C22H28N2O4S. The normalized spacial score (nSPS) is 15.8. The van der Waals surface area contributed by atoms with Crippen LogP contribution in [0.15, 0.2) is 59.5 Å². The SMILES string of the molecule is COc1cccc(CCCNC(=O)C2CCN(S(=O)(=O)c3ccccc3)CC2)c1. The Bertz CT molecular complexity index is 907. The van der Waals surface area contributed by atoms with E-state index in [0.29, 0.717) is 37.4 Å². The molecule has 0 atom stereocenters. The first-order valence-corrected chi connectivity index (χ1v) is 11.4. The molecule has 1 aliphatic heterocycles. The highest BCUT2D eigenvalue weighted by Crippen LogP contribution is 2.24. The number of benzene rings is 2. The van der Waals surface area contributed by atoms with Crippen molar-refractivity contribution in [2.75, 3.05) is 26.7 Å². The van der Waals surface area contributed by atoms with Gasteiger partial charge in [0.1, 0.15) is 5.75 Å². The molecule has 0 radical (unpaired) electrons. The summed E-state index contributed by atoms with van der Waals surface area (Å²) in [6.45, 7) is 1.36. The third-order valence-corrected chi connectivity index (χ3v) is 7.19. The maximum atomic E-state index is 12.7. The van der Waals surface area contributed by atoms with Crippen LogP contribution in [0.2, 0.25) is 0 Å². The van der Waals surface area contributed by atoms with E-state index in [2.05, 4.69) is 5.32 Å². The molecule has 2 aromatic rings. The Morgan fingerprint density at radius 2 is 1.83 bits per heavy atom. The summed E-state index contributed by atoms with van der Waals surface area (Å²) in [5, 5.41) is 3.00. The van der Waals surface area contributed by atoms with Crippen LogP contribution in [0.25, 0.3) is 0 Å². The minimum atomic E-state index is -3.48. The fraction of sp³-hybridized carbons (Fsp3) is 0.409. The molecule has 0 bridgehead atoms. The third kappa shape index (κ3) is 5.58. The molecule has 0 spiro atoms. The van der Waals surface area contributed by atoms with Gasteiger partial charge in [-0.1, -0.05) is 30.3 Å². The average molecular weight is 417 g/mol. The van der Waals surface area contributed by atoms with Crippen LogP contribution in [-0.2, 0) is 21.2 Å². The van der Waals surface area contributed by atoms with E-state index in [1.807, 2.05) is 24.3 Å². The van der Waals surface area contributed by atoms with Crippen molar-refractivity contribution in [3.8, 4) is 5.75 Å². The Morgan fingerprint density at radius 3 is 2.52 bits per heavy atom. The van der Waals surface area contributed by atoms with E-state index in [1.54, 1.807) is 37.4 Å². The zero-order valence-electron chi connectivity index (χ0n) is 16.7. The summed E-state index contributed by atoms with van der Waals surface area (Å²) in [6.07, 6.45) is 2.81. The van der Waals surface area contributed by atoms with Crippen molar-refractivity contribution in [3.63, 3.8) is 0 Å². The maximum absolute atomic E-state index is 12.7. The van der Waals surface area contributed by atoms with Gasteiger partial charge in [-0.25, -0.2) is 8.42 Å². The van der Waals surface area contributed by atoms with Crippen molar-refractivity contribution in [2.45, 2.75) is 30.6 Å². The van der Waals surface area contributed by atoms with Gasteiger partial charge < -0.3 is 10.1 Å². The van der Waals surface area contributed by atoms with Gasteiger partial charge in [-0.05, 0) is 55.5 Å². The minimum Gasteiger partial charge on any atom is -0.497 e. The minimum absolute atomic E-state index is 0.0207. The fourth-order valence-corrected chi connectivity index (χ4v) is 5.07. The number of piperidine rings is 1. The molecule has 0 unspecified atom stereocenters. The van der Waals surface area contributed by atoms with E-state index in [9.17, 15) is 13.2 Å². The number of hydrogen-bond donors (Lipinski definition) is 1. The van der Waals surface area contributed by atoms with Gasteiger partial charge in [-0.3, -0.25) is 4.79 Å². The molecule has 2 aromatic carbocycles. The number of amides is 1. The molecule has 1 heterocycles. The molecule has 1 aliphatic rings. The molecule has 0 aromatic heterocycles. The molecule has 1 fully saturated rings. The highest BCUT2D eigenvalue weighted by atomic mass is 32.2. The van der Waals surface area contributed by atoms with Crippen LogP contribution in [0, 0.1) is 5.92 Å². The lowest BCUT2D eigenvalue weighted by Gasteiger charge is -2.30. The number of nitrogens with zero attached hydrogens (tertiary/aromatic N) is 1. The fourth-order valence-electron chi connectivity index (χ4n) is 3.58. The predicted octanol–water partition coefficient (Wildman–Crippen LogP) is 2.84. The Kier molecular flexibility index (Phi) is 7.28. The summed E-state index contributed by atoms with van der Waals surface area (Å²) in [4.78, 5) is 12.7. The van der Waals surface area contributed by atoms with Crippen molar-refractivity contribution in [1.29, 1.82) is 0 Å². The quantitative estimate of drug-likeness (QED) is 0.672. The van der Waals surface area contributed by atoms with Crippen LogP contribution in [0.4, 0.5) is 0 Å². The van der Waals surface area contributed by atoms with Gasteiger partial charge in [0, 0.05) is 25.6 Å². The van der Waals surface area contributed by atoms with Crippen molar-refractivity contribution in [2.24, 2.45) is 5.92 Å². The van der Waals surface area contributed by atoms with Gasteiger partial charge in [0.2, 0.25) is 15.9 Å². The van der Waals surface area contributed by atoms with E-state index >= 15 is 0 Å². The van der Waals surface area contributed by atoms with Crippen LogP contribution >= 0.6 is 0 Å². The van der Waals surface area contributed by atoms with Gasteiger partial charge in [0.15, 0.2) is 0 Å². The second kappa shape index (κ2) is 9.89. The summed E-state index contributed by atoms with van der Waals surface area (Å²) in [5.74, 6) is 0.727. The van der Waals surface area contributed by atoms with E-state index in [4.69, 9.17) is 4.74 Å². The number of aryl methyl sites for hydroxylation is 1. The van der Waals surface area contributed by atoms with Crippen molar-refractivity contribution in [1.82, 2.24) is 9.62 Å². The molecule has 0 aliphatic carbocycles. The van der Waals surface area contributed by atoms with E-state index in [1.165, 1.54) is 9.87 Å². The molecule has 29 heavy (non-hydrogen) atoms. The van der Waals surface area contributed by atoms with Crippen LogP contribution in [0.3, 0.4) is 0 Å². The number of sulfonamides is 1. The van der Waals surface area contributed by atoms with Gasteiger partial charge in [-0.2, -0.15) is 4.31 Å². The zero-order valence-corrected chi connectivity index (χ0v) is 17.5. The summed E-state index contributed by atoms with van der Waals surface area (Å²) in [6, 6.07) is 16.4. The summed E-state index contributed by atoms with van der Waals surface area (Å²) in [7, 11) is -1.83. The summed E-state index contributed by atoms with van der Waals surface area (Å²) >= 11 is 0. The molecule has 1 amide bonds. The summed E-state index contributed by atoms with van der Waals surface area (Å²) in [5.41, 5.74) is 1.18. The first kappa shape index (κ1) is 21.3. The van der Waals surface area contributed by atoms with Crippen molar-refractivity contribution >= 4 is 15.9 Å². The average Bonchev–Trinajstić information content (AvgIpc) is 2.77. The monoisotopic (exact) mass is 416 g/mol. The second-order valence-electron chi connectivity index (χ2n) is 7.24. The number of rotatable bonds is 8. The first-order chi connectivity index (χ1) is 14.0. The highest BCUT2D eigenvalue weighted by molar-refractivity contribution is 7.89. The number of hydrogen-bond acceptors (Lipinski definition) is 4. The number of carbonyl (C=O) groups is 1. The first-order valence-electron chi connectivity index (χ1n) is 9.96. The smallest absolute Gasteiger partial charge is 0.243 e. The van der Waals surface area contributed by atoms with Crippen molar-refractivity contribution in [3.05, 3.63) is 60.2 Å². The van der Waals surface area contributed by atoms with Crippen LogP contribution < -0.4 is 10.1 Å². The van der Waals surface area contributed by atoms with Gasteiger partial charge >= 0.3 is 0 Å². The molecule has 7 heteroatoms. The van der Waals surface area contributed by atoms with E-state index in [-0.39, 0.29) is 11.8 Å². The molecule has 1 N–H and O–H groups in total. The Balaban J connectivity index is 1.42. The molecular weight excluding hydrogens is 388 g/mol. The Morgan fingerprint density at radius 1 is 1.10 bits per heavy atom. The molecule has 156 valence electrons. The largest absolute Gasteiger partial charge is 0.497 e. The molecule has 6 nitrogen and oxygen atoms in total. The lowest BCUT2D eigenvalue weighted by atomic mass is 9.97. The van der Waals surface area contributed by atoms with Crippen LogP contribution in [0.1, 0.15) is 24.8 Å². The zero-order chi connectivity index (χ0) is 20.7. The number of methoxy groups -OCH3 is 1. The van der Waals surface area contributed by atoms with E-state index < -0.39 is 10.0 Å². The molecule has 1 saturated heterocycles. The maximum Gasteiger partial charge on any atom is 0.243 e. The summed E-state index contributed by atoms with van der Waals surface area (Å²) < 4.78 is 32.0. The van der Waals surface area contributed by atoms with Crippen LogP contribution in [0.5, 0.6) is 5.75 Å². The lowest BCUT2D eigenvalue weighted by molar-refractivity contribution is -0.126.